The summed E-state index contributed by atoms with van der Waals surface area (Å²) in [6, 6.07) is 8.10. The average Bonchev–Trinajstić information content (AvgIpc) is 2.84. The minimum absolute atomic E-state index is 0.112. The van der Waals surface area contributed by atoms with Gasteiger partial charge in [-0.05, 0) is 16.8 Å². The molecule has 0 spiro atoms. The smallest absolute Gasteiger partial charge is 0.255 e. The average molecular weight is 234 g/mol. The maximum atomic E-state index is 11.0. The highest BCUT2D eigenvalue weighted by molar-refractivity contribution is 7.18. The van der Waals surface area contributed by atoms with Gasteiger partial charge in [-0.2, -0.15) is 5.10 Å². The zero-order valence-electron chi connectivity index (χ0n) is 7.56. The Bertz CT molecular complexity index is 665. The van der Waals surface area contributed by atoms with Gasteiger partial charge in [0.2, 0.25) is 0 Å². The van der Waals surface area contributed by atoms with E-state index in [-0.39, 0.29) is 4.87 Å². The van der Waals surface area contributed by atoms with E-state index in [1.807, 2.05) is 17.5 Å². The Morgan fingerprint density at radius 1 is 1.27 bits per heavy atom. The van der Waals surface area contributed by atoms with Crippen molar-refractivity contribution in [3.63, 3.8) is 0 Å². The molecule has 2 heterocycles. The number of hydrogen-bond acceptors (Lipinski definition) is 4. The number of hydrogen-bond donors (Lipinski definition) is 1. The van der Waals surface area contributed by atoms with Gasteiger partial charge in [-0.1, -0.05) is 29.5 Å². The lowest BCUT2D eigenvalue weighted by Gasteiger charge is -1.96. The largest absolute Gasteiger partial charge is 0.322 e. The number of aromatic amines is 1. The van der Waals surface area contributed by atoms with Crippen LogP contribution in [0.1, 0.15) is 0 Å². The third kappa shape index (κ3) is 1.40. The minimum atomic E-state index is -0.112. The summed E-state index contributed by atoms with van der Waals surface area (Å²) in [4.78, 5) is 10.9. The highest BCUT2D eigenvalue weighted by Gasteiger charge is 2.08. The van der Waals surface area contributed by atoms with Crippen molar-refractivity contribution in [1.82, 2.24) is 10.2 Å². The molecule has 5 heteroatoms. The molecule has 0 unspecified atom stereocenters. The van der Waals surface area contributed by atoms with Crippen LogP contribution in [0.4, 0.5) is 0 Å². The zero-order valence-corrected chi connectivity index (χ0v) is 9.19. The maximum Gasteiger partial charge on any atom is 0.322 e. The molecule has 0 amide bonds. The van der Waals surface area contributed by atoms with Gasteiger partial charge in [0.05, 0.1) is 0 Å². The Morgan fingerprint density at radius 3 is 3.00 bits per heavy atom. The molecule has 1 aromatic carbocycles. The predicted molar refractivity (Wildman–Crippen MR) is 63.6 cm³/mol. The molecule has 3 aromatic rings. The molecule has 3 nitrogen and oxygen atoms in total. The number of fused-ring (bicyclic) bond motifs is 1. The molecule has 0 fully saturated rings. The number of thiophene rings is 1. The lowest BCUT2D eigenvalue weighted by Crippen LogP contribution is -1.90. The van der Waals surface area contributed by atoms with Crippen LogP contribution in [0.15, 0.2) is 34.4 Å². The number of aromatic nitrogens is 2. The fourth-order valence-electron chi connectivity index (χ4n) is 1.51. The topological polar surface area (TPSA) is 45.8 Å². The summed E-state index contributed by atoms with van der Waals surface area (Å²) in [5.41, 5.74) is 1.03. The molecule has 2 aromatic heterocycles. The van der Waals surface area contributed by atoms with E-state index in [9.17, 15) is 4.79 Å². The Hall–Kier alpha value is -1.46. The molecule has 1 N–H and O–H groups in total. The first-order chi connectivity index (χ1) is 7.34. The monoisotopic (exact) mass is 234 g/mol. The van der Waals surface area contributed by atoms with Gasteiger partial charge in [-0.25, -0.2) is 5.10 Å². The van der Waals surface area contributed by atoms with Crippen molar-refractivity contribution >= 4 is 32.8 Å². The van der Waals surface area contributed by atoms with Crippen LogP contribution < -0.4 is 4.87 Å². The third-order valence-electron chi connectivity index (χ3n) is 2.15. The van der Waals surface area contributed by atoms with Crippen LogP contribution in [0, 0.1) is 0 Å². The van der Waals surface area contributed by atoms with Crippen LogP contribution in [0.3, 0.4) is 0 Å². The van der Waals surface area contributed by atoms with Gasteiger partial charge in [-0.3, -0.25) is 4.79 Å². The molecule has 0 atom stereocenters. The molecule has 15 heavy (non-hydrogen) atoms. The second-order valence-corrected chi connectivity index (χ2v) is 4.94. The normalized spacial score (nSPS) is 10.9. The molecular weight excluding hydrogens is 228 g/mol. The number of nitrogens with zero attached hydrogens (tertiary/aromatic N) is 1. The van der Waals surface area contributed by atoms with Crippen LogP contribution in [-0.4, -0.2) is 10.2 Å². The Kier molecular flexibility index (Phi) is 1.93. The first-order valence-electron chi connectivity index (χ1n) is 4.37. The zero-order chi connectivity index (χ0) is 10.3. The molecule has 0 bridgehead atoms. The van der Waals surface area contributed by atoms with E-state index in [2.05, 4.69) is 22.3 Å². The van der Waals surface area contributed by atoms with E-state index < -0.39 is 0 Å². The second kappa shape index (κ2) is 3.29. The first-order valence-corrected chi connectivity index (χ1v) is 6.06. The van der Waals surface area contributed by atoms with Gasteiger partial charge in [-0.15, -0.1) is 11.3 Å². The van der Waals surface area contributed by atoms with Crippen molar-refractivity contribution in [2.45, 2.75) is 0 Å². The second-order valence-electron chi connectivity index (χ2n) is 3.06. The van der Waals surface area contributed by atoms with Crippen molar-refractivity contribution in [3.05, 3.63) is 39.3 Å². The van der Waals surface area contributed by atoms with Gasteiger partial charge >= 0.3 is 4.87 Å². The molecule has 0 aliphatic rings. The van der Waals surface area contributed by atoms with E-state index in [1.165, 1.54) is 10.1 Å². The number of H-pyrrole nitrogens is 1. The molecule has 0 saturated heterocycles. The lowest BCUT2D eigenvalue weighted by atomic mass is 10.2. The van der Waals surface area contributed by atoms with Gasteiger partial charge < -0.3 is 0 Å². The van der Waals surface area contributed by atoms with Crippen LogP contribution in [0.5, 0.6) is 0 Å². The lowest BCUT2D eigenvalue weighted by molar-refractivity contribution is 1.06. The number of benzene rings is 1. The van der Waals surface area contributed by atoms with E-state index in [1.54, 1.807) is 11.3 Å². The quantitative estimate of drug-likeness (QED) is 0.703. The Morgan fingerprint density at radius 2 is 2.20 bits per heavy atom. The van der Waals surface area contributed by atoms with Crippen molar-refractivity contribution in [1.29, 1.82) is 0 Å². The van der Waals surface area contributed by atoms with Crippen LogP contribution in [-0.2, 0) is 0 Å². The predicted octanol–water partition coefficient (Wildman–Crippen LogP) is 2.71. The summed E-state index contributed by atoms with van der Waals surface area (Å²) in [6.07, 6.45) is 0. The summed E-state index contributed by atoms with van der Waals surface area (Å²) in [6.45, 7) is 0. The Balaban J connectivity index is 2.35. The van der Waals surface area contributed by atoms with Crippen LogP contribution in [0.25, 0.3) is 20.7 Å². The Labute approximate surface area is 93.0 Å². The third-order valence-corrected chi connectivity index (χ3v) is 3.89. The summed E-state index contributed by atoms with van der Waals surface area (Å²) in [5.74, 6) is 0. The van der Waals surface area contributed by atoms with Crippen LogP contribution in [0.2, 0.25) is 0 Å². The van der Waals surface area contributed by atoms with Gasteiger partial charge in [0.15, 0.2) is 0 Å². The number of nitrogens with one attached hydrogen (secondary N) is 1. The van der Waals surface area contributed by atoms with E-state index in [4.69, 9.17) is 0 Å². The van der Waals surface area contributed by atoms with Gasteiger partial charge in [0.1, 0.15) is 5.01 Å². The number of rotatable bonds is 1. The fraction of sp³-hybridized carbons (Fsp3) is 0. The van der Waals surface area contributed by atoms with Crippen molar-refractivity contribution in [2.75, 3.05) is 0 Å². The molecular formula is C10H6N2OS2. The summed E-state index contributed by atoms with van der Waals surface area (Å²) < 4.78 is 1.18. The standard InChI is InChI=1S/C10H6N2OS2/c13-10-12-11-9(15-10)7-3-1-2-6-4-5-14-8(6)7/h1-5H,(H,12,13). The summed E-state index contributed by atoms with van der Waals surface area (Å²) in [5, 5.41) is 10.4. The molecule has 0 saturated carbocycles. The van der Waals surface area contributed by atoms with Crippen molar-refractivity contribution in [3.8, 4) is 10.6 Å². The highest BCUT2D eigenvalue weighted by Crippen LogP contribution is 2.31. The molecule has 0 aliphatic heterocycles. The van der Waals surface area contributed by atoms with E-state index >= 15 is 0 Å². The SMILES string of the molecule is O=c1[nH]nc(-c2cccc3ccsc23)s1. The molecule has 3 rings (SSSR count). The van der Waals surface area contributed by atoms with E-state index in [0.29, 0.717) is 0 Å². The van der Waals surface area contributed by atoms with Crippen molar-refractivity contribution < 1.29 is 0 Å². The maximum absolute atomic E-state index is 11.0. The van der Waals surface area contributed by atoms with Gasteiger partial charge in [0.25, 0.3) is 0 Å². The van der Waals surface area contributed by atoms with E-state index in [0.717, 1.165) is 21.9 Å². The molecule has 0 aliphatic carbocycles. The summed E-state index contributed by atoms with van der Waals surface area (Å²) >= 11 is 2.81. The molecule has 0 radical (unpaired) electrons. The minimum Gasteiger partial charge on any atom is -0.255 e. The fourth-order valence-corrected chi connectivity index (χ4v) is 3.12. The molecule has 74 valence electrons. The van der Waals surface area contributed by atoms with Crippen molar-refractivity contribution in [2.24, 2.45) is 0 Å². The van der Waals surface area contributed by atoms with Crippen LogP contribution >= 0.6 is 22.7 Å². The summed E-state index contributed by atoms with van der Waals surface area (Å²) in [7, 11) is 0. The first kappa shape index (κ1) is 8.82. The van der Waals surface area contributed by atoms with Gasteiger partial charge in [0, 0.05) is 10.3 Å². The highest BCUT2D eigenvalue weighted by atomic mass is 32.1.